The first-order valence-corrected chi connectivity index (χ1v) is 30.0. The van der Waals surface area contributed by atoms with Gasteiger partial charge in [0.15, 0.2) is 6.10 Å². The summed E-state index contributed by atoms with van der Waals surface area (Å²) < 4.78 is 39.4. The quantitative estimate of drug-likeness (QED) is 0.0197. The Morgan fingerprint density at radius 3 is 1.14 bits per heavy atom. The zero-order valence-electron chi connectivity index (χ0n) is 45.0. The number of hydrogen-bond donors (Lipinski definition) is 2. The molecule has 0 aliphatic heterocycles. The zero-order chi connectivity index (χ0) is 51.3. The van der Waals surface area contributed by atoms with Crippen molar-refractivity contribution in [3.8, 4) is 0 Å². The molecule has 0 bridgehead atoms. The Balaban J connectivity index is 4.69. The van der Waals surface area contributed by atoms with Gasteiger partial charge in [-0.05, 0) is 96.3 Å². The summed E-state index contributed by atoms with van der Waals surface area (Å²) in [7, 11) is -4.75. The van der Waals surface area contributed by atoms with Crippen molar-refractivity contribution in [1.29, 1.82) is 0 Å². The zero-order valence-corrected chi connectivity index (χ0v) is 45.9. The van der Waals surface area contributed by atoms with E-state index in [1.807, 2.05) is 0 Å². The molecule has 0 aliphatic carbocycles. The summed E-state index contributed by atoms with van der Waals surface area (Å²) in [6.45, 7) is 4.56. The summed E-state index contributed by atoms with van der Waals surface area (Å²) in [5, 5.41) is 9.79. The standard InChI is InChI=1S/C58H105O11P/c1-4-7-10-13-16-19-22-24-25-26-27-28-29-31-34-37-40-43-46-49-58(62)69-55(51-65-56(60)47-44-41-38-35-32-21-18-15-12-9-6-3)53-67-70(63,64)66-52-54(50-59)68-57(61)48-45-42-39-36-33-30-23-20-17-14-11-8-5-2/h15-16,18-20,23-25,54-55,59H,4-14,17,21-22,26-53H2,1-3H3,(H,63,64)/b18-15-,19-16-,23-20-,25-24-. The van der Waals surface area contributed by atoms with Gasteiger partial charge in [-0.3, -0.25) is 23.4 Å². The fourth-order valence-corrected chi connectivity index (χ4v) is 8.56. The Labute approximate surface area is 428 Å². The molecule has 0 radical (unpaired) electrons. The number of carbonyl (C=O) groups excluding carboxylic acids is 3. The Bertz CT molecular complexity index is 1360. The molecular formula is C58H105O11P. The van der Waals surface area contributed by atoms with E-state index in [1.165, 1.54) is 96.3 Å². The second-order valence-corrected chi connectivity index (χ2v) is 20.5. The van der Waals surface area contributed by atoms with Gasteiger partial charge in [0, 0.05) is 19.3 Å². The van der Waals surface area contributed by atoms with Crippen LogP contribution in [-0.4, -0.2) is 66.5 Å². The molecule has 0 saturated carbocycles. The van der Waals surface area contributed by atoms with Gasteiger partial charge in [0.05, 0.1) is 19.8 Å². The summed E-state index contributed by atoms with van der Waals surface area (Å²) in [5.74, 6) is -1.48. The molecule has 0 rings (SSSR count). The number of esters is 3. The van der Waals surface area contributed by atoms with E-state index in [4.69, 9.17) is 23.3 Å². The van der Waals surface area contributed by atoms with Crippen molar-refractivity contribution in [1.82, 2.24) is 0 Å². The Hall–Kier alpha value is -2.56. The van der Waals surface area contributed by atoms with Crippen LogP contribution in [0.25, 0.3) is 0 Å². The molecule has 12 heteroatoms. The topological polar surface area (TPSA) is 155 Å². The Kier molecular flexibility index (Phi) is 50.8. The van der Waals surface area contributed by atoms with Crippen LogP contribution in [0, 0.1) is 0 Å². The van der Waals surface area contributed by atoms with Gasteiger partial charge in [-0.25, -0.2) is 4.57 Å². The normalized spacial score (nSPS) is 13.7. The number of aliphatic hydroxyl groups is 1. The molecule has 0 fully saturated rings. The predicted octanol–water partition coefficient (Wildman–Crippen LogP) is 16.6. The molecule has 0 amide bonds. The van der Waals surface area contributed by atoms with E-state index in [0.29, 0.717) is 19.3 Å². The van der Waals surface area contributed by atoms with E-state index in [1.54, 1.807) is 0 Å². The van der Waals surface area contributed by atoms with Gasteiger partial charge in [0.2, 0.25) is 0 Å². The monoisotopic (exact) mass is 1010 g/mol. The van der Waals surface area contributed by atoms with Gasteiger partial charge in [-0.1, -0.05) is 198 Å². The molecule has 11 nitrogen and oxygen atoms in total. The lowest BCUT2D eigenvalue weighted by Crippen LogP contribution is -2.30. The molecule has 2 N–H and O–H groups in total. The molecule has 0 aromatic carbocycles. The molecule has 0 aliphatic rings. The lowest BCUT2D eigenvalue weighted by molar-refractivity contribution is -0.161. The number of hydrogen-bond acceptors (Lipinski definition) is 10. The first-order valence-electron chi connectivity index (χ1n) is 28.5. The molecule has 408 valence electrons. The third-order valence-corrected chi connectivity index (χ3v) is 13.1. The van der Waals surface area contributed by atoms with E-state index in [2.05, 4.69) is 69.4 Å². The van der Waals surface area contributed by atoms with Crippen LogP contribution in [0.1, 0.15) is 265 Å². The smallest absolute Gasteiger partial charge is 0.462 e. The Morgan fingerprint density at radius 1 is 0.400 bits per heavy atom. The van der Waals surface area contributed by atoms with Crippen LogP contribution >= 0.6 is 7.82 Å². The first kappa shape index (κ1) is 67.4. The minimum atomic E-state index is -4.75. The predicted molar refractivity (Wildman–Crippen MR) is 289 cm³/mol. The SMILES string of the molecule is CCCC/C=C\CCCCCCCC(=O)OCC(COP(=O)(O)OCC(CO)OC(=O)CCCCCCC/C=C\CCCCCC)OC(=O)CCCCCCCCCCC/C=C\C/C=C\CCCCC. The summed E-state index contributed by atoms with van der Waals surface area (Å²) in [6, 6.07) is 0. The number of rotatable bonds is 53. The highest BCUT2D eigenvalue weighted by Crippen LogP contribution is 2.43. The summed E-state index contributed by atoms with van der Waals surface area (Å²) in [6.07, 6.45) is 55.0. The fourth-order valence-electron chi connectivity index (χ4n) is 7.77. The average molecular weight is 1010 g/mol. The maximum absolute atomic E-state index is 12.9. The summed E-state index contributed by atoms with van der Waals surface area (Å²) >= 11 is 0. The van der Waals surface area contributed by atoms with Gasteiger partial charge in [0.1, 0.15) is 12.7 Å². The van der Waals surface area contributed by atoms with Crippen LogP contribution in [0.4, 0.5) is 0 Å². The first-order chi connectivity index (χ1) is 34.2. The lowest BCUT2D eigenvalue weighted by atomic mass is 10.1. The number of unbranched alkanes of at least 4 members (excludes halogenated alkanes) is 28. The number of phosphoric ester groups is 1. The second-order valence-electron chi connectivity index (χ2n) is 19.1. The minimum absolute atomic E-state index is 0.162. The summed E-state index contributed by atoms with van der Waals surface area (Å²) in [4.78, 5) is 48.4. The maximum Gasteiger partial charge on any atom is 0.472 e. The van der Waals surface area contributed by atoms with Crippen molar-refractivity contribution >= 4 is 25.7 Å². The van der Waals surface area contributed by atoms with Crippen LogP contribution in [0.5, 0.6) is 0 Å². The molecule has 3 unspecified atom stereocenters. The van der Waals surface area contributed by atoms with Crippen molar-refractivity contribution in [2.75, 3.05) is 26.4 Å². The lowest BCUT2D eigenvalue weighted by Gasteiger charge is -2.21. The Morgan fingerprint density at radius 2 is 0.714 bits per heavy atom. The van der Waals surface area contributed by atoms with Gasteiger partial charge in [0.25, 0.3) is 0 Å². The highest BCUT2D eigenvalue weighted by molar-refractivity contribution is 7.47. The number of phosphoric acid groups is 1. The second kappa shape index (κ2) is 52.8. The molecule has 70 heavy (non-hydrogen) atoms. The van der Waals surface area contributed by atoms with Crippen LogP contribution < -0.4 is 0 Å². The number of ether oxygens (including phenoxy) is 3. The average Bonchev–Trinajstić information content (AvgIpc) is 3.35. The molecule has 3 atom stereocenters. The molecule has 0 aromatic rings. The van der Waals surface area contributed by atoms with Crippen molar-refractivity contribution in [2.45, 2.75) is 277 Å². The molecule has 0 aromatic heterocycles. The third-order valence-electron chi connectivity index (χ3n) is 12.2. The van der Waals surface area contributed by atoms with E-state index >= 15 is 0 Å². The van der Waals surface area contributed by atoms with Crippen molar-refractivity contribution in [3.05, 3.63) is 48.6 Å². The minimum Gasteiger partial charge on any atom is -0.462 e. The van der Waals surface area contributed by atoms with Gasteiger partial charge in [-0.2, -0.15) is 0 Å². The number of aliphatic hydroxyl groups excluding tert-OH is 1. The van der Waals surface area contributed by atoms with E-state index in [9.17, 15) is 28.9 Å². The van der Waals surface area contributed by atoms with Gasteiger partial charge in [-0.15, -0.1) is 0 Å². The number of allylic oxidation sites excluding steroid dienone is 8. The van der Waals surface area contributed by atoms with Gasteiger partial charge >= 0.3 is 25.7 Å². The van der Waals surface area contributed by atoms with Crippen molar-refractivity contribution in [2.24, 2.45) is 0 Å². The molecule has 0 saturated heterocycles. The van der Waals surface area contributed by atoms with Crippen LogP contribution in [0.3, 0.4) is 0 Å². The van der Waals surface area contributed by atoms with Crippen molar-refractivity contribution < 1.29 is 52.2 Å². The number of carbonyl (C=O) groups is 3. The summed E-state index contributed by atoms with van der Waals surface area (Å²) in [5.41, 5.74) is 0. The van der Waals surface area contributed by atoms with Crippen LogP contribution in [0.15, 0.2) is 48.6 Å². The largest absolute Gasteiger partial charge is 0.472 e. The molecular weight excluding hydrogens is 904 g/mol. The van der Waals surface area contributed by atoms with E-state index < -0.39 is 57.8 Å². The van der Waals surface area contributed by atoms with Gasteiger partial charge < -0.3 is 24.2 Å². The highest BCUT2D eigenvalue weighted by atomic mass is 31.2. The molecule has 0 heterocycles. The van der Waals surface area contributed by atoms with Crippen LogP contribution in [-0.2, 0) is 42.2 Å². The third kappa shape index (κ3) is 50.4. The van der Waals surface area contributed by atoms with E-state index in [0.717, 1.165) is 109 Å². The highest BCUT2D eigenvalue weighted by Gasteiger charge is 2.28. The van der Waals surface area contributed by atoms with Crippen LogP contribution in [0.2, 0.25) is 0 Å². The van der Waals surface area contributed by atoms with E-state index in [-0.39, 0.29) is 25.9 Å². The van der Waals surface area contributed by atoms with Crippen molar-refractivity contribution in [3.63, 3.8) is 0 Å². The maximum atomic E-state index is 12.9. The molecule has 0 spiro atoms. The fraction of sp³-hybridized carbons (Fsp3) is 0.810.